The number of hydrogen-bond acceptors (Lipinski definition) is 1. The SMILES string of the molecule is C=C1CCC2C(CCC3CCCCC32C)C12CC[C@@](O)(C#CC)C2. The van der Waals surface area contributed by atoms with Crippen LogP contribution in [0.1, 0.15) is 84.5 Å². The molecule has 0 aromatic heterocycles. The van der Waals surface area contributed by atoms with Crippen molar-refractivity contribution in [2.45, 2.75) is 90.1 Å². The Morgan fingerprint density at radius 3 is 2.67 bits per heavy atom. The number of rotatable bonds is 0. The van der Waals surface area contributed by atoms with Gasteiger partial charge in [0.1, 0.15) is 5.60 Å². The molecule has 0 aromatic rings. The van der Waals surface area contributed by atoms with Gasteiger partial charge in [-0.05, 0) is 93.3 Å². The predicted molar refractivity (Wildman–Crippen MR) is 99.3 cm³/mol. The van der Waals surface area contributed by atoms with Crippen LogP contribution in [0, 0.1) is 40.4 Å². The van der Waals surface area contributed by atoms with Crippen LogP contribution in [0.4, 0.5) is 0 Å². The van der Waals surface area contributed by atoms with Gasteiger partial charge in [0.25, 0.3) is 0 Å². The van der Waals surface area contributed by atoms with Crippen molar-refractivity contribution >= 4 is 0 Å². The first-order valence-corrected chi connectivity index (χ1v) is 10.3. The molecule has 6 atom stereocenters. The average molecular weight is 327 g/mol. The number of aliphatic hydroxyl groups is 1. The summed E-state index contributed by atoms with van der Waals surface area (Å²) in [5.74, 6) is 8.66. The highest BCUT2D eigenvalue weighted by atomic mass is 16.3. The second-order valence-corrected chi connectivity index (χ2v) is 9.62. The Bertz CT molecular complexity index is 595. The van der Waals surface area contributed by atoms with Crippen molar-refractivity contribution < 1.29 is 5.11 Å². The Balaban J connectivity index is 1.69. The molecule has 4 fully saturated rings. The minimum atomic E-state index is -0.760. The monoisotopic (exact) mass is 326 g/mol. The fourth-order valence-corrected chi connectivity index (χ4v) is 7.55. The van der Waals surface area contributed by atoms with Crippen LogP contribution in [0.2, 0.25) is 0 Å². The van der Waals surface area contributed by atoms with E-state index in [9.17, 15) is 5.11 Å². The molecule has 0 saturated heterocycles. The summed E-state index contributed by atoms with van der Waals surface area (Å²) in [6.45, 7) is 9.00. The Hall–Kier alpha value is -0.740. The summed E-state index contributed by atoms with van der Waals surface area (Å²) >= 11 is 0. The van der Waals surface area contributed by atoms with Crippen molar-refractivity contribution in [3.8, 4) is 11.8 Å². The lowest BCUT2D eigenvalue weighted by Crippen LogP contribution is -2.53. The summed E-state index contributed by atoms with van der Waals surface area (Å²) < 4.78 is 0. The van der Waals surface area contributed by atoms with E-state index in [4.69, 9.17) is 0 Å². The molecule has 0 amide bonds. The van der Waals surface area contributed by atoms with Gasteiger partial charge in [0, 0.05) is 0 Å². The molecular weight excluding hydrogens is 292 g/mol. The molecular formula is C23H34O. The lowest BCUT2D eigenvalue weighted by molar-refractivity contribution is -0.0913. The number of fused-ring (bicyclic) bond motifs is 4. The molecule has 1 heteroatoms. The van der Waals surface area contributed by atoms with E-state index in [1.54, 1.807) is 0 Å². The Morgan fingerprint density at radius 1 is 1.04 bits per heavy atom. The van der Waals surface area contributed by atoms with Crippen LogP contribution in [-0.4, -0.2) is 10.7 Å². The Morgan fingerprint density at radius 2 is 1.88 bits per heavy atom. The van der Waals surface area contributed by atoms with Gasteiger partial charge in [-0.25, -0.2) is 0 Å². The summed E-state index contributed by atoms with van der Waals surface area (Å²) in [4.78, 5) is 0. The van der Waals surface area contributed by atoms with Gasteiger partial charge < -0.3 is 5.11 Å². The lowest BCUT2D eigenvalue weighted by Gasteiger charge is -2.61. The largest absolute Gasteiger partial charge is 0.378 e. The van der Waals surface area contributed by atoms with Gasteiger partial charge in [-0.1, -0.05) is 37.8 Å². The predicted octanol–water partition coefficient (Wildman–Crippen LogP) is 5.48. The van der Waals surface area contributed by atoms with E-state index in [1.807, 2.05) is 6.92 Å². The highest BCUT2D eigenvalue weighted by molar-refractivity contribution is 5.28. The fourth-order valence-electron chi connectivity index (χ4n) is 7.55. The summed E-state index contributed by atoms with van der Waals surface area (Å²) in [7, 11) is 0. The number of allylic oxidation sites excluding steroid dienone is 1. The maximum Gasteiger partial charge on any atom is 0.126 e. The van der Waals surface area contributed by atoms with Crippen molar-refractivity contribution in [3.63, 3.8) is 0 Å². The van der Waals surface area contributed by atoms with Crippen molar-refractivity contribution in [1.82, 2.24) is 0 Å². The van der Waals surface area contributed by atoms with Gasteiger partial charge in [0.2, 0.25) is 0 Å². The van der Waals surface area contributed by atoms with Gasteiger partial charge in [-0.2, -0.15) is 0 Å². The molecule has 132 valence electrons. The molecule has 1 spiro atoms. The third-order valence-electron chi connectivity index (χ3n) is 8.73. The lowest BCUT2D eigenvalue weighted by atomic mass is 9.44. The summed E-state index contributed by atoms with van der Waals surface area (Å²) in [5, 5.41) is 11.0. The van der Waals surface area contributed by atoms with Gasteiger partial charge in [0.15, 0.2) is 0 Å². The quantitative estimate of drug-likeness (QED) is 0.461. The normalized spacial score (nSPS) is 50.8. The highest BCUT2D eigenvalue weighted by Gasteiger charge is 2.61. The third-order valence-corrected chi connectivity index (χ3v) is 8.73. The summed E-state index contributed by atoms with van der Waals surface area (Å²) in [5.41, 5.74) is 1.40. The van der Waals surface area contributed by atoms with Crippen LogP contribution in [-0.2, 0) is 0 Å². The van der Waals surface area contributed by atoms with Crippen molar-refractivity contribution in [2.75, 3.05) is 0 Å². The molecule has 4 aliphatic carbocycles. The molecule has 4 rings (SSSR count). The van der Waals surface area contributed by atoms with Gasteiger partial charge >= 0.3 is 0 Å². The molecule has 1 nitrogen and oxygen atoms in total. The maximum atomic E-state index is 11.0. The highest BCUT2D eigenvalue weighted by Crippen LogP contribution is 2.68. The van der Waals surface area contributed by atoms with E-state index in [2.05, 4.69) is 25.3 Å². The molecule has 4 saturated carbocycles. The summed E-state index contributed by atoms with van der Waals surface area (Å²) in [6.07, 6.45) is 13.9. The minimum absolute atomic E-state index is 0.174. The zero-order chi connectivity index (χ0) is 17.0. The van der Waals surface area contributed by atoms with Crippen molar-refractivity contribution in [3.05, 3.63) is 12.2 Å². The van der Waals surface area contributed by atoms with E-state index in [-0.39, 0.29) is 5.41 Å². The van der Waals surface area contributed by atoms with Crippen LogP contribution < -0.4 is 0 Å². The van der Waals surface area contributed by atoms with Gasteiger partial charge in [-0.15, -0.1) is 5.92 Å². The first-order chi connectivity index (χ1) is 11.4. The van der Waals surface area contributed by atoms with Gasteiger partial charge in [0.05, 0.1) is 0 Å². The Kier molecular flexibility index (Phi) is 3.92. The maximum absolute atomic E-state index is 11.0. The smallest absolute Gasteiger partial charge is 0.126 e. The molecule has 0 aromatic carbocycles. The molecule has 0 heterocycles. The molecule has 4 aliphatic rings. The zero-order valence-electron chi connectivity index (χ0n) is 15.7. The molecule has 0 aliphatic heterocycles. The molecule has 0 bridgehead atoms. The van der Waals surface area contributed by atoms with E-state index >= 15 is 0 Å². The van der Waals surface area contributed by atoms with Gasteiger partial charge in [-0.3, -0.25) is 0 Å². The first-order valence-electron chi connectivity index (χ1n) is 10.3. The molecule has 5 unspecified atom stereocenters. The first kappa shape index (κ1) is 16.7. The van der Waals surface area contributed by atoms with E-state index in [1.165, 1.54) is 56.9 Å². The van der Waals surface area contributed by atoms with Crippen molar-refractivity contribution in [2.24, 2.45) is 28.6 Å². The van der Waals surface area contributed by atoms with Crippen LogP contribution in [0.3, 0.4) is 0 Å². The van der Waals surface area contributed by atoms with Crippen LogP contribution in [0.25, 0.3) is 0 Å². The standard InChI is InChI=1S/C23H34O/c1-4-12-22(24)14-15-23(16-22)17(2)8-10-19-20(23)11-9-18-7-5-6-13-21(18,19)3/h18-20,24H,2,5-11,13-16H2,1,3H3/t18?,19?,20?,21?,22-,23?/m0/s1. The topological polar surface area (TPSA) is 20.2 Å². The van der Waals surface area contributed by atoms with Crippen LogP contribution in [0.15, 0.2) is 12.2 Å². The second-order valence-electron chi connectivity index (χ2n) is 9.62. The molecule has 0 radical (unpaired) electrons. The van der Waals surface area contributed by atoms with Crippen LogP contribution in [0.5, 0.6) is 0 Å². The second kappa shape index (κ2) is 5.63. The number of hydrogen-bond donors (Lipinski definition) is 1. The fraction of sp³-hybridized carbons (Fsp3) is 0.826. The Labute approximate surface area is 148 Å². The van der Waals surface area contributed by atoms with Crippen LogP contribution >= 0.6 is 0 Å². The molecule has 1 N–H and O–H groups in total. The summed E-state index contributed by atoms with van der Waals surface area (Å²) in [6, 6.07) is 0. The average Bonchev–Trinajstić information content (AvgIpc) is 2.90. The minimum Gasteiger partial charge on any atom is -0.378 e. The molecule has 24 heavy (non-hydrogen) atoms. The third kappa shape index (κ3) is 2.25. The van der Waals surface area contributed by atoms with E-state index in [0.29, 0.717) is 5.41 Å². The van der Waals surface area contributed by atoms with Crippen molar-refractivity contribution in [1.29, 1.82) is 0 Å². The zero-order valence-corrected chi connectivity index (χ0v) is 15.7. The van der Waals surface area contributed by atoms with E-state index < -0.39 is 5.60 Å². The van der Waals surface area contributed by atoms with E-state index in [0.717, 1.165) is 37.0 Å².